The maximum Gasteiger partial charge on any atom is 2.00 e. The predicted molar refractivity (Wildman–Crippen MR) is 76.5 cm³/mol. The summed E-state index contributed by atoms with van der Waals surface area (Å²) in [5.74, 6) is 1.32. The molecule has 0 spiro atoms. The van der Waals surface area contributed by atoms with E-state index >= 15 is 0 Å². The third-order valence-corrected chi connectivity index (χ3v) is 2.69. The number of hydrogen-bond acceptors (Lipinski definition) is 0. The first-order chi connectivity index (χ1) is 7.61. The smallest absolute Gasteiger partial charge is 0.269 e. The van der Waals surface area contributed by atoms with Crippen molar-refractivity contribution in [3.8, 4) is 0 Å². The van der Waals surface area contributed by atoms with Crippen LogP contribution in [0.4, 0.5) is 0 Å². The van der Waals surface area contributed by atoms with Crippen molar-refractivity contribution >= 4 is 37.7 Å². The van der Waals surface area contributed by atoms with Crippen LogP contribution in [-0.4, -0.2) is 37.7 Å². The zero-order valence-electron chi connectivity index (χ0n) is 11.6. The van der Waals surface area contributed by atoms with Gasteiger partial charge >= 0.3 is 37.7 Å². The van der Waals surface area contributed by atoms with E-state index in [0.717, 1.165) is 12.8 Å². The van der Waals surface area contributed by atoms with Crippen molar-refractivity contribution in [2.45, 2.75) is 40.5 Å². The van der Waals surface area contributed by atoms with Gasteiger partial charge < -0.3 is 0 Å². The molecule has 1 heteroatoms. The second-order valence-corrected chi connectivity index (χ2v) is 4.79. The maximum absolute atomic E-state index is 3.26. The minimum absolute atomic E-state index is 0. The van der Waals surface area contributed by atoms with Crippen molar-refractivity contribution in [3.63, 3.8) is 0 Å². The first kappa shape index (κ1) is 17.2. The second kappa shape index (κ2) is 9.19. The first-order valence-electron chi connectivity index (χ1n) is 6.15. The van der Waals surface area contributed by atoms with Gasteiger partial charge in [0.2, 0.25) is 0 Å². The Morgan fingerprint density at radius 1 is 0.824 bits per heavy atom. The number of hydrogen-bond donors (Lipinski definition) is 0. The molecule has 0 bridgehead atoms. The molecule has 88 valence electrons. The van der Waals surface area contributed by atoms with E-state index in [9.17, 15) is 0 Å². The fourth-order valence-corrected chi connectivity index (χ4v) is 1.64. The Kier molecular flexibility index (Phi) is 9.31. The summed E-state index contributed by atoms with van der Waals surface area (Å²) in [7, 11) is 0. The Bertz CT molecular complexity index is 293. The summed E-state index contributed by atoms with van der Waals surface area (Å²) in [5.41, 5.74) is 2.73. The van der Waals surface area contributed by atoms with Crippen LogP contribution in [0.15, 0.2) is 35.5 Å². The molecule has 0 radical (unpaired) electrons. The molecule has 0 saturated heterocycles. The van der Waals surface area contributed by atoms with Crippen molar-refractivity contribution in [3.05, 3.63) is 47.6 Å². The normalized spacial score (nSPS) is 16.6. The molecule has 0 nitrogen and oxygen atoms in total. The molecule has 0 aromatic rings. The van der Waals surface area contributed by atoms with Crippen LogP contribution in [0.3, 0.4) is 0 Å². The van der Waals surface area contributed by atoms with Gasteiger partial charge in [0.05, 0.1) is 0 Å². The molecule has 0 heterocycles. The Morgan fingerprint density at radius 3 is 1.29 bits per heavy atom. The van der Waals surface area contributed by atoms with Crippen molar-refractivity contribution < 1.29 is 0 Å². The summed E-state index contributed by atoms with van der Waals surface area (Å²) in [6.07, 6.45) is 17.2. The fraction of sp³-hybridized carbons (Fsp3) is 0.500. The van der Waals surface area contributed by atoms with Gasteiger partial charge in [0, 0.05) is 0 Å². The average molecular weight is 254 g/mol. The van der Waals surface area contributed by atoms with Gasteiger partial charge in [-0.1, -0.05) is 39.5 Å². The quantitative estimate of drug-likeness (QED) is 0.509. The monoisotopic (exact) mass is 254 g/mol. The summed E-state index contributed by atoms with van der Waals surface area (Å²) >= 11 is 0. The zero-order chi connectivity index (χ0) is 12.0. The van der Waals surface area contributed by atoms with Crippen LogP contribution in [0, 0.1) is 24.0 Å². The molecule has 0 amide bonds. The molecule has 2 aliphatic carbocycles. The van der Waals surface area contributed by atoms with E-state index in [-0.39, 0.29) is 37.7 Å². The van der Waals surface area contributed by atoms with Crippen LogP contribution in [0.2, 0.25) is 0 Å². The molecule has 0 aliphatic heterocycles. The van der Waals surface area contributed by atoms with E-state index in [1.54, 1.807) is 0 Å². The van der Waals surface area contributed by atoms with Gasteiger partial charge in [0.15, 0.2) is 0 Å². The third kappa shape index (κ3) is 6.64. The Balaban J connectivity index is 0.000000284. The third-order valence-electron chi connectivity index (χ3n) is 2.69. The van der Waals surface area contributed by atoms with E-state index in [1.165, 1.54) is 11.1 Å². The van der Waals surface area contributed by atoms with Gasteiger partial charge in [-0.2, -0.15) is 12.2 Å². The minimum Gasteiger partial charge on any atom is -0.269 e. The second-order valence-electron chi connectivity index (χ2n) is 4.79. The molecular weight excluding hydrogens is 232 g/mol. The summed E-state index contributed by atoms with van der Waals surface area (Å²) in [5, 5.41) is 0. The van der Waals surface area contributed by atoms with Gasteiger partial charge in [-0.05, 0) is 0 Å². The summed E-state index contributed by atoms with van der Waals surface area (Å²) in [6.45, 7) is 8.77. The largest absolute Gasteiger partial charge is 2.00 e. The molecule has 0 atom stereocenters. The van der Waals surface area contributed by atoms with E-state index in [2.05, 4.69) is 64.2 Å². The minimum atomic E-state index is 0. The van der Waals surface area contributed by atoms with Crippen molar-refractivity contribution in [1.29, 1.82) is 0 Å². The van der Waals surface area contributed by atoms with Gasteiger partial charge in [-0.15, -0.1) is 12.8 Å². The van der Waals surface area contributed by atoms with Gasteiger partial charge in [0.1, 0.15) is 0 Å². The number of allylic oxidation sites excluding steroid dienone is 8. The van der Waals surface area contributed by atoms with Crippen LogP contribution in [0.25, 0.3) is 0 Å². The molecule has 0 unspecified atom stereocenters. The summed E-state index contributed by atoms with van der Waals surface area (Å²) in [6, 6.07) is 0. The fourth-order valence-electron chi connectivity index (χ4n) is 1.64. The average Bonchev–Trinajstić information content (AvgIpc) is 2.93. The Morgan fingerprint density at radius 2 is 1.18 bits per heavy atom. The molecule has 0 aromatic carbocycles. The number of rotatable bonds is 2. The Hall–Kier alpha value is 0.220. The van der Waals surface area contributed by atoms with E-state index < -0.39 is 0 Å². The molecule has 0 N–H and O–H groups in total. The van der Waals surface area contributed by atoms with E-state index in [4.69, 9.17) is 0 Å². The summed E-state index contributed by atoms with van der Waals surface area (Å²) in [4.78, 5) is 0. The van der Waals surface area contributed by atoms with Crippen LogP contribution in [-0.2, 0) is 0 Å². The van der Waals surface area contributed by atoms with E-state index in [1.807, 2.05) is 0 Å². The molecule has 0 saturated carbocycles. The molecule has 2 rings (SSSR count). The van der Waals surface area contributed by atoms with Crippen molar-refractivity contribution in [1.82, 2.24) is 0 Å². The zero-order valence-corrected chi connectivity index (χ0v) is 13.8. The molecule has 2 aliphatic rings. The maximum atomic E-state index is 3.26. The first-order valence-corrected chi connectivity index (χ1v) is 6.15. The Labute approximate surface area is 137 Å². The van der Waals surface area contributed by atoms with Gasteiger partial charge in [0.25, 0.3) is 0 Å². The standard InChI is InChI=1S/2C8H11.Ca/c2*1-7(2)8-5-3-4-6-8;/h2*3,5,7H,4H2,1-2H3;/q2*-1;+2. The molecule has 0 aromatic heterocycles. The molecule has 17 heavy (non-hydrogen) atoms. The summed E-state index contributed by atoms with van der Waals surface area (Å²) < 4.78 is 0. The van der Waals surface area contributed by atoms with E-state index in [0.29, 0.717) is 11.8 Å². The molecular formula is C16H22Ca. The topological polar surface area (TPSA) is 0 Å². The molecule has 0 fully saturated rings. The SMILES string of the molecule is CC(C)C1=[C-]CC=C1.CC(C)C1=[C-]CC=C1.[Ca+2]. The van der Waals surface area contributed by atoms with Crippen LogP contribution in [0.1, 0.15) is 40.5 Å². The van der Waals surface area contributed by atoms with Crippen LogP contribution in [0.5, 0.6) is 0 Å². The van der Waals surface area contributed by atoms with Gasteiger partial charge in [-0.25, -0.2) is 23.3 Å². The van der Waals surface area contributed by atoms with Crippen LogP contribution < -0.4 is 0 Å². The van der Waals surface area contributed by atoms with Crippen LogP contribution >= 0.6 is 0 Å². The predicted octanol–water partition coefficient (Wildman–Crippen LogP) is 4.28. The van der Waals surface area contributed by atoms with Crippen molar-refractivity contribution in [2.24, 2.45) is 11.8 Å². The van der Waals surface area contributed by atoms with Crippen molar-refractivity contribution in [2.75, 3.05) is 0 Å². The van der Waals surface area contributed by atoms with Gasteiger partial charge in [-0.3, -0.25) is 12.2 Å².